The normalized spacial score (nSPS) is 33.9. The molecule has 184 valence electrons. The lowest BCUT2D eigenvalue weighted by atomic mass is 9.51. The average molecular weight is 491 g/mol. The molecule has 0 amide bonds. The minimum Gasteiger partial charge on any atom is -0.381 e. The highest BCUT2D eigenvalue weighted by molar-refractivity contribution is 8.04. The Kier molecular flexibility index (Phi) is 6.22. The fourth-order valence-electron chi connectivity index (χ4n) is 7.64. The van der Waals surface area contributed by atoms with E-state index in [9.17, 15) is 14.7 Å². The maximum atomic E-state index is 13.3. The van der Waals surface area contributed by atoms with Crippen LogP contribution in [0.4, 0.5) is 5.69 Å². The SMILES string of the molecule is CN(C)c1ccc([C@H]2C[C@@]3(C)[C@@H](CC[C@]3(O)C(=O)CSC#N)[C@@H]3CCC4=CC(=O)CCC4=C32)cc1. The Bertz CT molecular complexity index is 1160. The molecule has 0 saturated heterocycles. The summed E-state index contributed by atoms with van der Waals surface area (Å²) >= 11 is 0.922. The van der Waals surface area contributed by atoms with Crippen LogP contribution in [0, 0.1) is 27.9 Å². The van der Waals surface area contributed by atoms with Crippen molar-refractivity contribution < 1.29 is 14.7 Å². The fraction of sp³-hybridized carbons (Fsp3) is 0.552. The zero-order valence-corrected chi connectivity index (χ0v) is 21.7. The van der Waals surface area contributed by atoms with E-state index in [1.807, 2.05) is 25.6 Å². The standard InChI is InChI=1S/C29H34N2O3S/c1-28-15-24(18-4-7-20(8-5-18)31(2)3)27-22-11-9-21(32)14-19(22)6-10-23(27)25(28)12-13-29(28,34)26(33)16-35-17-30/h4-5,7-8,14,23-25,34H,6,9-13,15-16H2,1-3H3/t23-,24+,25-,28-,29-/m0/s1. The van der Waals surface area contributed by atoms with Crippen molar-refractivity contribution in [2.75, 3.05) is 24.7 Å². The van der Waals surface area contributed by atoms with E-state index in [4.69, 9.17) is 5.26 Å². The molecule has 0 spiro atoms. The third-order valence-electron chi connectivity index (χ3n) is 9.43. The van der Waals surface area contributed by atoms with E-state index in [-0.39, 0.29) is 29.2 Å². The van der Waals surface area contributed by atoms with E-state index in [0.717, 1.165) is 43.1 Å². The van der Waals surface area contributed by atoms with Crippen molar-refractivity contribution in [2.45, 2.75) is 63.4 Å². The Morgan fingerprint density at radius 1 is 1.20 bits per heavy atom. The summed E-state index contributed by atoms with van der Waals surface area (Å²) in [5.74, 6) is 0.689. The maximum Gasteiger partial charge on any atom is 0.175 e. The summed E-state index contributed by atoms with van der Waals surface area (Å²) in [5, 5.41) is 22.9. The van der Waals surface area contributed by atoms with E-state index < -0.39 is 11.0 Å². The minimum absolute atomic E-state index is 0.0329. The number of Topliss-reactive ketones (excluding diaryl/α,β-unsaturated/α-hetero) is 1. The summed E-state index contributed by atoms with van der Waals surface area (Å²) in [7, 11) is 4.06. The number of carbonyl (C=O) groups excluding carboxylic acids is 2. The predicted molar refractivity (Wildman–Crippen MR) is 139 cm³/mol. The van der Waals surface area contributed by atoms with Crippen molar-refractivity contribution in [3.05, 3.63) is 52.6 Å². The van der Waals surface area contributed by atoms with Gasteiger partial charge >= 0.3 is 0 Å². The number of allylic oxidation sites excluding steroid dienone is 4. The molecule has 2 saturated carbocycles. The number of hydrogen-bond donors (Lipinski definition) is 1. The lowest BCUT2D eigenvalue weighted by Gasteiger charge is -2.54. The van der Waals surface area contributed by atoms with Gasteiger partial charge in [-0.05, 0) is 97.0 Å². The highest BCUT2D eigenvalue weighted by Gasteiger charge is 2.65. The fourth-order valence-corrected chi connectivity index (χ4v) is 8.08. The molecule has 35 heavy (non-hydrogen) atoms. The second kappa shape index (κ2) is 8.94. The first-order chi connectivity index (χ1) is 16.7. The van der Waals surface area contributed by atoms with Crippen LogP contribution in [0.25, 0.3) is 0 Å². The molecule has 4 aliphatic rings. The molecular weight excluding hydrogens is 456 g/mol. The summed E-state index contributed by atoms with van der Waals surface area (Å²) in [6.07, 6.45) is 7.08. The minimum atomic E-state index is -1.40. The van der Waals surface area contributed by atoms with E-state index >= 15 is 0 Å². The number of rotatable bonds is 5. The zero-order valence-electron chi connectivity index (χ0n) is 20.8. The van der Waals surface area contributed by atoms with Gasteiger partial charge in [0.05, 0.1) is 5.75 Å². The van der Waals surface area contributed by atoms with Crippen LogP contribution in [0.5, 0.6) is 0 Å². The van der Waals surface area contributed by atoms with Crippen molar-refractivity contribution in [3.63, 3.8) is 0 Å². The molecule has 0 radical (unpaired) electrons. The van der Waals surface area contributed by atoms with Crippen LogP contribution in [0.2, 0.25) is 0 Å². The van der Waals surface area contributed by atoms with Gasteiger partial charge in [-0.25, -0.2) is 0 Å². The number of thiocyanates is 1. The molecule has 2 fully saturated rings. The highest BCUT2D eigenvalue weighted by Crippen LogP contribution is 2.67. The van der Waals surface area contributed by atoms with Crippen LogP contribution in [0.3, 0.4) is 0 Å². The van der Waals surface area contributed by atoms with E-state index in [2.05, 4.69) is 36.1 Å². The third-order valence-corrected chi connectivity index (χ3v) is 9.96. The first-order valence-electron chi connectivity index (χ1n) is 12.7. The predicted octanol–water partition coefficient (Wildman–Crippen LogP) is 5.17. The van der Waals surface area contributed by atoms with Crippen LogP contribution < -0.4 is 4.90 Å². The second-order valence-electron chi connectivity index (χ2n) is 11.2. The van der Waals surface area contributed by atoms with Crippen LogP contribution in [0.1, 0.15) is 63.4 Å². The van der Waals surface area contributed by atoms with E-state index in [0.29, 0.717) is 25.2 Å². The maximum absolute atomic E-state index is 13.3. The van der Waals surface area contributed by atoms with Crippen LogP contribution in [-0.4, -0.2) is 42.1 Å². The van der Waals surface area contributed by atoms with Crippen molar-refractivity contribution in [1.29, 1.82) is 5.26 Å². The summed E-state index contributed by atoms with van der Waals surface area (Å²) in [4.78, 5) is 27.6. The van der Waals surface area contributed by atoms with Gasteiger partial charge in [-0.3, -0.25) is 9.59 Å². The Hall–Kier alpha value is -2.36. The lowest BCUT2D eigenvalue weighted by Crippen LogP contribution is -2.56. The molecule has 5 atom stereocenters. The molecule has 6 heteroatoms. The smallest absolute Gasteiger partial charge is 0.175 e. The number of carbonyl (C=O) groups is 2. The Labute approximate surface area is 212 Å². The van der Waals surface area contributed by atoms with Gasteiger partial charge in [0.25, 0.3) is 0 Å². The van der Waals surface area contributed by atoms with Gasteiger partial charge in [0, 0.05) is 37.5 Å². The summed E-state index contributed by atoms with van der Waals surface area (Å²) in [6, 6.07) is 8.68. The van der Waals surface area contributed by atoms with Gasteiger partial charge in [-0.2, -0.15) is 5.26 Å². The lowest BCUT2D eigenvalue weighted by molar-refractivity contribution is -0.152. The molecule has 1 N–H and O–H groups in total. The van der Waals surface area contributed by atoms with Crippen LogP contribution >= 0.6 is 11.8 Å². The molecule has 0 heterocycles. The van der Waals surface area contributed by atoms with Crippen molar-refractivity contribution in [1.82, 2.24) is 0 Å². The number of anilines is 1. The molecule has 1 aromatic rings. The van der Waals surface area contributed by atoms with Gasteiger partial charge in [0.15, 0.2) is 11.6 Å². The molecule has 1 aromatic carbocycles. The molecule has 5 nitrogen and oxygen atoms in total. The van der Waals surface area contributed by atoms with E-state index in [1.165, 1.54) is 22.3 Å². The van der Waals surface area contributed by atoms with Gasteiger partial charge in [-0.15, -0.1) is 0 Å². The van der Waals surface area contributed by atoms with Crippen LogP contribution in [-0.2, 0) is 9.59 Å². The van der Waals surface area contributed by atoms with Gasteiger partial charge < -0.3 is 10.0 Å². The number of nitrogens with zero attached hydrogens (tertiary/aromatic N) is 2. The molecule has 0 aromatic heterocycles. The zero-order chi connectivity index (χ0) is 25.0. The Morgan fingerprint density at radius 3 is 2.63 bits per heavy atom. The average Bonchev–Trinajstić information content (AvgIpc) is 3.13. The second-order valence-corrected chi connectivity index (χ2v) is 11.9. The molecule has 0 aliphatic heterocycles. The van der Waals surface area contributed by atoms with Crippen LogP contribution in [0.15, 0.2) is 47.1 Å². The van der Waals surface area contributed by atoms with Crippen molar-refractivity contribution >= 4 is 29.0 Å². The molecular formula is C29H34N2O3S. The number of nitriles is 1. The van der Waals surface area contributed by atoms with Gasteiger partial charge in [0.2, 0.25) is 0 Å². The summed E-state index contributed by atoms with van der Waals surface area (Å²) in [5.41, 5.74) is 4.43. The number of benzene rings is 1. The summed E-state index contributed by atoms with van der Waals surface area (Å²) < 4.78 is 0. The first kappa shape index (κ1) is 24.3. The number of thioether (sulfide) groups is 1. The third kappa shape index (κ3) is 3.79. The number of aliphatic hydroxyl groups is 1. The summed E-state index contributed by atoms with van der Waals surface area (Å²) in [6.45, 7) is 2.12. The first-order valence-corrected chi connectivity index (χ1v) is 13.7. The molecule has 0 bridgehead atoms. The van der Waals surface area contributed by atoms with Gasteiger partial charge in [0.1, 0.15) is 11.0 Å². The largest absolute Gasteiger partial charge is 0.381 e. The molecule has 4 aliphatic carbocycles. The quantitative estimate of drug-likeness (QED) is 0.574. The monoisotopic (exact) mass is 490 g/mol. The molecule has 0 unspecified atom stereocenters. The van der Waals surface area contributed by atoms with Gasteiger partial charge in [-0.1, -0.05) is 24.6 Å². The Balaban J connectivity index is 1.63. The van der Waals surface area contributed by atoms with Crippen molar-refractivity contribution in [3.8, 4) is 5.40 Å². The number of hydrogen-bond acceptors (Lipinski definition) is 6. The highest BCUT2D eigenvalue weighted by atomic mass is 32.2. The topological polar surface area (TPSA) is 81.4 Å². The number of ketones is 2. The number of fused-ring (bicyclic) bond motifs is 4. The Morgan fingerprint density at radius 2 is 1.94 bits per heavy atom. The van der Waals surface area contributed by atoms with Crippen molar-refractivity contribution in [2.24, 2.45) is 17.3 Å². The van der Waals surface area contributed by atoms with E-state index in [1.54, 1.807) is 0 Å². The molecule has 5 rings (SSSR count).